The number of sulfonamides is 1. The van der Waals surface area contributed by atoms with E-state index >= 15 is 0 Å². The van der Waals surface area contributed by atoms with Gasteiger partial charge in [-0.15, -0.1) is 24.8 Å². The zero-order chi connectivity index (χ0) is 19.7. The van der Waals surface area contributed by atoms with Crippen LogP contribution in [0.25, 0.3) is 0 Å². The van der Waals surface area contributed by atoms with E-state index in [-0.39, 0.29) is 37.3 Å². The molecule has 0 saturated carbocycles. The molecule has 0 spiro atoms. The van der Waals surface area contributed by atoms with Crippen molar-refractivity contribution in [3.05, 3.63) is 29.8 Å². The highest BCUT2D eigenvalue weighted by Gasteiger charge is 2.28. The molecule has 1 aromatic rings. The van der Waals surface area contributed by atoms with Crippen molar-refractivity contribution >= 4 is 40.7 Å². The van der Waals surface area contributed by atoms with Crippen LogP contribution in [-0.4, -0.2) is 89.6 Å². The van der Waals surface area contributed by atoms with Gasteiger partial charge in [0.25, 0.3) is 0 Å². The molecule has 1 saturated heterocycles. The summed E-state index contributed by atoms with van der Waals surface area (Å²) in [6.07, 6.45) is 0. The average Bonchev–Trinajstić information content (AvgIpc) is 2.65. The Morgan fingerprint density at radius 2 is 1.66 bits per heavy atom. The molecule has 1 aliphatic heterocycles. The summed E-state index contributed by atoms with van der Waals surface area (Å²) in [5.41, 5.74) is 1.03. The fraction of sp³-hybridized carbons (Fsp3) is 0.611. The Morgan fingerprint density at radius 3 is 2.24 bits per heavy atom. The Kier molecular flexibility index (Phi) is 13.7. The maximum absolute atomic E-state index is 12.7. The molecule has 1 aliphatic rings. The number of methoxy groups -OCH3 is 1. The van der Waals surface area contributed by atoms with Gasteiger partial charge in [0.05, 0.1) is 18.0 Å². The van der Waals surface area contributed by atoms with Crippen LogP contribution in [0.5, 0.6) is 0 Å². The summed E-state index contributed by atoms with van der Waals surface area (Å²) < 4.78 is 31.8. The number of rotatable bonds is 10. The van der Waals surface area contributed by atoms with Crippen molar-refractivity contribution in [2.75, 3.05) is 66.1 Å². The zero-order valence-electron chi connectivity index (χ0n) is 16.9. The molecule has 0 unspecified atom stereocenters. The number of piperazine rings is 1. The minimum atomic E-state index is -3.47. The smallest absolute Gasteiger partial charge is 0.243 e. The molecule has 0 atom stereocenters. The number of carbonyl (C=O) groups excluding carboxylic acids is 1. The number of aryl methyl sites for hydroxylation is 1. The highest BCUT2D eigenvalue weighted by Crippen LogP contribution is 2.18. The molecule has 0 radical (unpaired) electrons. The summed E-state index contributed by atoms with van der Waals surface area (Å²) in [5.74, 6) is -0.0432. The second-order valence-corrected chi connectivity index (χ2v) is 8.52. The number of nitrogens with one attached hydrogen (secondary N) is 2. The van der Waals surface area contributed by atoms with Crippen molar-refractivity contribution in [3.8, 4) is 0 Å². The van der Waals surface area contributed by atoms with Crippen LogP contribution in [0, 0.1) is 6.92 Å². The molecule has 1 fully saturated rings. The molecule has 29 heavy (non-hydrogen) atoms. The van der Waals surface area contributed by atoms with Gasteiger partial charge >= 0.3 is 0 Å². The van der Waals surface area contributed by atoms with Gasteiger partial charge in [0.15, 0.2) is 0 Å². The van der Waals surface area contributed by atoms with Crippen LogP contribution in [-0.2, 0) is 19.6 Å². The standard InChI is InChI=1S/C18H30N4O4S.2ClH/c1-16-3-5-17(6-4-16)27(24,25)22-12-10-21(11-13-22)15-18(23)20-8-7-19-9-14-26-2;;/h3-6,19H,7-15H2,1-2H3,(H,20,23);2*1H. The highest BCUT2D eigenvalue weighted by atomic mass is 35.5. The molecular weight excluding hydrogens is 439 g/mol. The third kappa shape index (κ3) is 9.17. The lowest BCUT2D eigenvalue weighted by atomic mass is 10.2. The molecule has 0 bridgehead atoms. The minimum absolute atomic E-state index is 0. The molecule has 1 heterocycles. The molecule has 1 aromatic carbocycles. The zero-order valence-corrected chi connectivity index (χ0v) is 19.4. The Bertz CT molecular complexity index is 696. The van der Waals surface area contributed by atoms with E-state index in [0.29, 0.717) is 50.8 Å². The molecule has 0 aromatic heterocycles. The average molecular weight is 471 g/mol. The van der Waals surface area contributed by atoms with E-state index in [1.165, 1.54) is 4.31 Å². The Labute approximate surface area is 186 Å². The van der Waals surface area contributed by atoms with Crippen molar-refractivity contribution in [2.24, 2.45) is 0 Å². The molecule has 1 amide bonds. The van der Waals surface area contributed by atoms with Crippen LogP contribution in [0.15, 0.2) is 29.2 Å². The number of ether oxygens (including phenoxy) is 1. The number of hydrogen-bond acceptors (Lipinski definition) is 6. The second-order valence-electron chi connectivity index (χ2n) is 6.59. The number of carbonyl (C=O) groups is 1. The predicted molar refractivity (Wildman–Crippen MR) is 119 cm³/mol. The molecule has 0 aliphatic carbocycles. The Balaban J connectivity index is 0.00000392. The first-order valence-corrected chi connectivity index (χ1v) is 10.6. The third-order valence-electron chi connectivity index (χ3n) is 4.46. The summed E-state index contributed by atoms with van der Waals surface area (Å²) in [7, 11) is -1.82. The van der Waals surface area contributed by atoms with E-state index in [0.717, 1.165) is 12.1 Å². The lowest BCUT2D eigenvalue weighted by Crippen LogP contribution is -2.51. The molecule has 11 heteroatoms. The summed E-state index contributed by atoms with van der Waals surface area (Å²) in [5, 5.41) is 6.02. The first-order valence-electron chi connectivity index (χ1n) is 9.19. The summed E-state index contributed by atoms with van der Waals surface area (Å²) in [4.78, 5) is 14.3. The van der Waals surface area contributed by atoms with Gasteiger partial charge in [-0.2, -0.15) is 4.31 Å². The largest absolute Gasteiger partial charge is 0.383 e. The van der Waals surface area contributed by atoms with Gasteiger partial charge in [-0.25, -0.2) is 8.42 Å². The highest BCUT2D eigenvalue weighted by molar-refractivity contribution is 7.89. The van der Waals surface area contributed by atoms with Gasteiger partial charge in [0.2, 0.25) is 15.9 Å². The van der Waals surface area contributed by atoms with E-state index in [4.69, 9.17) is 4.74 Å². The van der Waals surface area contributed by atoms with Crippen LogP contribution in [0.4, 0.5) is 0 Å². The summed E-state index contributed by atoms with van der Waals surface area (Å²) in [6, 6.07) is 6.89. The van der Waals surface area contributed by atoms with Crippen LogP contribution in [0.1, 0.15) is 5.56 Å². The topological polar surface area (TPSA) is 91.0 Å². The Hall–Kier alpha value is -0.940. The van der Waals surface area contributed by atoms with Crippen LogP contribution >= 0.6 is 24.8 Å². The number of nitrogens with zero attached hydrogens (tertiary/aromatic N) is 2. The molecule has 8 nitrogen and oxygen atoms in total. The van der Waals surface area contributed by atoms with Gasteiger partial charge in [-0.05, 0) is 19.1 Å². The molecule has 2 rings (SSSR count). The number of hydrogen-bond donors (Lipinski definition) is 2. The van der Waals surface area contributed by atoms with Gasteiger partial charge in [-0.3, -0.25) is 9.69 Å². The van der Waals surface area contributed by atoms with Crippen LogP contribution in [0.3, 0.4) is 0 Å². The third-order valence-corrected chi connectivity index (χ3v) is 6.38. The number of benzene rings is 1. The van der Waals surface area contributed by atoms with Gasteiger partial charge in [0, 0.05) is 52.9 Å². The van der Waals surface area contributed by atoms with Crippen LogP contribution in [0.2, 0.25) is 0 Å². The number of halogens is 2. The normalized spacial score (nSPS) is 15.2. The van der Waals surface area contributed by atoms with Gasteiger partial charge in [-0.1, -0.05) is 17.7 Å². The Morgan fingerprint density at radius 1 is 1.03 bits per heavy atom. The van der Waals surface area contributed by atoms with Gasteiger partial charge < -0.3 is 15.4 Å². The quantitative estimate of drug-likeness (QED) is 0.483. The summed E-state index contributed by atoms with van der Waals surface area (Å²) >= 11 is 0. The molecule has 168 valence electrons. The first kappa shape index (κ1) is 28.1. The van der Waals surface area contributed by atoms with E-state index in [1.807, 2.05) is 11.8 Å². The maximum atomic E-state index is 12.7. The SMILES string of the molecule is COCCNCCNC(=O)CN1CCN(S(=O)(=O)c2ccc(C)cc2)CC1.Cl.Cl. The molecular formula is C18H32Cl2N4O4S. The maximum Gasteiger partial charge on any atom is 0.243 e. The first-order chi connectivity index (χ1) is 12.9. The number of amides is 1. The van der Waals surface area contributed by atoms with Crippen molar-refractivity contribution in [2.45, 2.75) is 11.8 Å². The molecule has 2 N–H and O–H groups in total. The van der Waals surface area contributed by atoms with E-state index in [2.05, 4.69) is 10.6 Å². The van der Waals surface area contributed by atoms with Crippen LogP contribution < -0.4 is 10.6 Å². The van der Waals surface area contributed by atoms with E-state index in [1.54, 1.807) is 31.4 Å². The fourth-order valence-corrected chi connectivity index (χ4v) is 4.26. The van der Waals surface area contributed by atoms with E-state index in [9.17, 15) is 13.2 Å². The second kappa shape index (κ2) is 14.1. The van der Waals surface area contributed by atoms with Crippen molar-refractivity contribution in [1.29, 1.82) is 0 Å². The van der Waals surface area contributed by atoms with Crippen molar-refractivity contribution in [3.63, 3.8) is 0 Å². The van der Waals surface area contributed by atoms with E-state index < -0.39 is 10.0 Å². The van der Waals surface area contributed by atoms with Gasteiger partial charge in [0.1, 0.15) is 0 Å². The van der Waals surface area contributed by atoms with Crippen molar-refractivity contribution < 1.29 is 17.9 Å². The monoisotopic (exact) mass is 470 g/mol. The van der Waals surface area contributed by atoms with Crippen molar-refractivity contribution in [1.82, 2.24) is 19.8 Å². The summed E-state index contributed by atoms with van der Waals surface area (Å²) in [6.45, 7) is 6.74. The predicted octanol–water partition coefficient (Wildman–Crippen LogP) is 0.497. The lowest BCUT2D eigenvalue weighted by Gasteiger charge is -2.33. The lowest BCUT2D eigenvalue weighted by molar-refractivity contribution is -0.122. The fourth-order valence-electron chi connectivity index (χ4n) is 2.84. The minimum Gasteiger partial charge on any atom is -0.383 e.